The molecule has 1 heterocycles. The number of rotatable bonds is 4. The Morgan fingerprint density at radius 2 is 2.10 bits per heavy atom. The van der Waals surface area contributed by atoms with Gasteiger partial charge in [0.1, 0.15) is 5.75 Å². The van der Waals surface area contributed by atoms with Gasteiger partial charge in [0, 0.05) is 19.2 Å². The molecule has 114 valence electrons. The zero-order valence-electron chi connectivity index (χ0n) is 11.4. The van der Waals surface area contributed by atoms with Gasteiger partial charge in [0.2, 0.25) is 0 Å². The summed E-state index contributed by atoms with van der Waals surface area (Å²) in [6, 6.07) is 4.76. The van der Waals surface area contributed by atoms with Gasteiger partial charge >= 0.3 is 5.97 Å². The molecule has 1 fully saturated rings. The van der Waals surface area contributed by atoms with Crippen LogP contribution in [0.2, 0.25) is 10.0 Å². The lowest BCUT2D eigenvalue weighted by molar-refractivity contribution is -0.142. The summed E-state index contributed by atoms with van der Waals surface area (Å²) < 4.78 is 5.54. The number of halogens is 2. The lowest BCUT2D eigenvalue weighted by Crippen LogP contribution is -2.39. The molecule has 1 N–H and O–H groups in total. The van der Waals surface area contributed by atoms with Crippen molar-refractivity contribution in [2.24, 2.45) is 5.92 Å². The molecular formula is C14H15Cl2NO4. The third-order valence-electron chi connectivity index (χ3n) is 3.40. The number of nitrogens with zero attached hydrogens (tertiary/aromatic N) is 1. The van der Waals surface area contributed by atoms with Gasteiger partial charge in [-0.25, -0.2) is 0 Å². The van der Waals surface area contributed by atoms with Crippen molar-refractivity contribution in [2.45, 2.75) is 19.4 Å². The molecule has 1 aliphatic heterocycles. The fourth-order valence-electron chi connectivity index (χ4n) is 2.22. The first-order chi connectivity index (χ1) is 9.88. The number of likely N-dealkylation sites (tertiary alicyclic amines) is 1. The van der Waals surface area contributed by atoms with E-state index in [4.69, 9.17) is 33.0 Å². The molecule has 2 atom stereocenters. The molecule has 0 bridgehead atoms. The summed E-state index contributed by atoms with van der Waals surface area (Å²) in [6.45, 7) is 2.28. The number of amides is 1. The smallest absolute Gasteiger partial charge is 0.308 e. The van der Waals surface area contributed by atoms with Crippen LogP contribution in [0.3, 0.4) is 0 Å². The summed E-state index contributed by atoms with van der Waals surface area (Å²) >= 11 is 11.7. The Hall–Kier alpha value is -1.46. The molecule has 1 aromatic carbocycles. The fourth-order valence-corrected chi connectivity index (χ4v) is 2.51. The van der Waals surface area contributed by atoms with Crippen molar-refractivity contribution in [1.82, 2.24) is 4.90 Å². The van der Waals surface area contributed by atoms with Crippen LogP contribution in [0.25, 0.3) is 0 Å². The normalized spacial score (nSPS) is 19.4. The monoisotopic (exact) mass is 331 g/mol. The number of hydrogen-bond donors (Lipinski definition) is 1. The first-order valence-electron chi connectivity index (χ1n) is 6.51. The number of carbonyl (C=O) groups excluding carboxylic acids is 1. The van der Waals surface area contributed by atoms with Gasteiger partial charge in [-0.1, -0.05) is 23.2 Å². The number of carboxylic acid groups (broad SMARTS) is 1. The van der Waals surface area contributed by atoms with E-state index in [1.54, 1.807) is 19.1 Å². The van der Waals surface area contributed by atoms with E-state index in [-0.39, 0.29) is 12.5 Å². The summed E-state index contributed by atoms with van der Waals surface area (Å²) in [5, 5.41) is 9.70. The molecule has 0 saturated carbocycles. The van der Waals surface area contributed by atoms with Crippen molar-refractivity contribution in [2.75, 3.05) is 13.1 Å². The molecule has 1 aliphatic rings. The van der Waals surface area contributed by atoms with E-state index in [1.165, 1.54) is 11.0 Å². The van der Waals surface area contributed by atoms with Gasteiger partial charge in [0.05, 0.1) is 16.0 Å². The van der Waals surface area contributed by atoms with Crippen LogP contribution in [0, 0.1) is 5.92 Å². The van der Waals surface area contributed by atoms with Gasteiger partial charge in [-0.2, -0.15) is 0 Å². The summed E-state index contributed by atoms with van der Waals surface area (Å²) in [6.07, 6.45) is -0.240. The summed E-state index contributed by atoms with van der Waals surface area (Å²) in [7, 11) is 0. The Morgan fingerprint density at radius 3 is 2.67 bits per heavy atom. The second-order valence-electron chi connectivity index (χ2n) is 4.94. The topological polar surface area (TPSA) is 66.8 Å². The molecule has 2 rings (SSSR count). The van der Waals surface area contributed by atoms with Crippen LogP contribution >= 0.6 is 23.2 Å². The fraction of sp³-hybridized carbons (Fsp3) is 0.429. The Labute approximate surface area is 132 Å². The maximum absolute atomic E-state index is 12.2. The molecule has 0 unspecified atom stereocenters. The van der Waals surface area contributed by atoms with E-state index in [0.717, 1.165) is 0 Å². The molecule has 7 heteroatoms. The molecule has 0 aromatic heterocycles. The Bertz CT molecular complexity index is 564. The molecule has 5 nitrogen and oxygen atoms in total. The van der Waals surface area contributed by atoms with E-state index >= 15 is 0 Å². The summed E-state index contributed by atoms with van der Waals surface area (Å²) in [4.78, 5) is 24.6. The molecule has 1 amide bonds. The molecule has 0 radical (unpaired) electrons. The maximum Gasteiger partial charge on any atom is 0.308 e. The minimum atomic E-state index is -0.872. The number of ether oxygens (including phenoxy) is 1. The van der Waals surface area contributed by atoms with Crippen LogP contribution in [0.1, 0.15) is 13.3 Å². The lowest BCUT2D eigenvalue weighted by atomic mass is 10.1. The van der Waals surface area contributed by atoms with Crippen molar-refractivity contribution in [3.8, 4) is 5.75 Å². The van der Waals surface area contributed by atoms with Crippen LogP contribution in [-0.2, 0) is 9.59 Å². The van der Waals surface area contributed by atoms with Crippen LogP contribution in [0.4, 0.5) is 0 Å². The predicted molar refractivity (Wildman–Crippen MR) is 78.9 cm³/mol. The van der Waals surface area contributed by atoms with Crippen molar-refractivity contribution in [1.29, 1.82) is 0 Å². The number of benzene rings is 1. The van der Waals surface area contributed by atoms with Gasteiger partial charge in [-0.3, -0.25) is 9.59 Å². The quantitative estimate of drug-likeness (QED) is 0.921. The van der Waals surface area contributed by atoms with Crippen LogP contribution in [0.5, 0.6) is 5.75 Å². The van der Waals surface area contributed by atoms with Crippen molar-refractivity contribution >= 4 is 35.1 Å². The van der Waals surface area contributed by atoms with E-state index in [1.807, 2.05) is 0 Å². The maximum atomic E-state index is 12.2. The Balaban J connectivity index is 1.96. The van der Waals surface area contributed by atoms with E-state index in [0.29, 0.717) is 28.8 Å². The second kappa shape index (κ2) is 6.54. The zero-order chi connectivity index (χ0) is 15.6. The predicted octanol–water partition coefficient (Wildman–Crippen LogP) is 2.69. The molecule has 0 aliphatic carbocycles. The van der Waals surface area contributed by atoms with Crippen molar-refractivity contribution in [3.05, 3.63) is 28.2 Å². The van der Waals surface area contributed by atoms with Gasteiger partial charge in [0.15, 0.2) is 6.10 Å². The summed E-state index contributed by atoms with van der Waals surface area (Å²) in [5.74, 6) is -1.15. The Morgan fingerprint density at radius 1 is 1.38 bits per heavy atom. The minimum Gasteiger partial charge on any atom is -0.481 e. The molecule has 1 saturated heterocycles. The average Bonchev–Trinajstić information content (AvgIpc) is 2.92. The highest BCUT2D eigenvalue weighted by Crippen LogP contribution is 2.27. The van der Waals surface area contributed by atoms with Gasteiger partial charge in [-0.15, -0.1) is 0 Å². The summed E-state index contributed by atoms with van der Waals surface area (Å²) in [5.41, 5.74) is 0. The van der Waals surface area contributed by atoms with Crippen LogP contribution in [-0.4, -0.2) is 41.1 Å². The molecular weight excluding hydrogens is 317 g/mol. The van der Waals surface area contributed by atoms with E-state index in [2.05, 4.69) is 0 Å². The Kier molecular flexibility index (Phi) is 4.96. The molecule has 1 aromatic rings. The van der Waals surface area contributed by atoms with E-state index < -0.39 is 18.0 Å². The van der Waals surface area contributed by atoms with Gasteiger partial charge < -0.3 is 14.7 Å². The zero-order valence-corrected chi connectivity index (χ0v) is 12.9. The first kappa shape index (κ1) is 15.9. The minimum absolute atomic E-state index is 0.225. The highest BCUT2D eigenvalue weighted by atomic mass is 35.5. The van der Waals surface area contributed by atoms with Crippen molar-refractivity contribution in [3.63, 3.8) is 0 Å². The second-order valence-corrected chi connectivity index (χ2v) is 5.76. The lowest BCUT2D eigenvalue weighted by Gasteiger charge is -2.21. The van der Waals surface area contributed by atoms with Crippen molar-refractivity contribution < 1.29 is 19.4 Å². The average molecular weight is 332 g/mol. The standard InChI is InChI=1S/C14H15Cl2NO4/c1-8(21-10-2-3-11(15)12(16)6-10)13(18)17-5-4-9(7-17)14(19)20/h2-3,6,8-9H,4-5,7H2,1H3,(H,19,20)/t8-,9+/m1/s1. The number of aliphatic carboxylic acids is 1. The number of carbonyl (C=O) groups is 2. The van der Waals surface area contributed by atoms with Gasteiger partial charge in [-0.05, 0) is 25.5 Å². The number of carboxylic acids is 1. The number of hydrogen-bond acceptors (Lipinski definition) is 3. The SMILES string of the molecule is C[C@@H](Oc1ccc(Cl)c(Cl)c1)C(=O)N1CC[C@H](C(=O)O)C1. The van der Waals surface area contributed by atoms with Gasteiger partial charge in [0.25, 0.3) is 5.91 Å². The third-order valence-corrected chi connectivity index (χ3v) is 4.14. The third kappa shape index (κ3) is 3.80. The highest BCUT2D eigenvalue weighted by Gasteiger charge is 2.33. The van der Waals surface area contributed by atoms with Crippen LogP contribution < -0.4 is 4.74 Å². The first-order valence-corrected chi connectivity index (χ1v) is 7.27. The highest BCUT2D eigenvalue weighted by molar-refractivity contribution is 6.42. The van der Waals surface area contributed by atoms with Crippen LogP contribution in [0.15, 0.2) is 18.2 Å². The molecule has 21 heavy (non-hydrogen) atoms. The van der Waals surface area contributed by atoms with E-state index in [9.17, 15) is 9.59 Å². The molecule has 0 spiro atoms. The largest absolute Gasteiger partial charge is 0.481 e.